The average Bonchev–Trinajstić information content (AvgIpc) is 3.21. The van der Waals surface area contributed by atoms with E-state index in [9.17, 15) is 9.59 Å². The first kappa shape index (κ1) is 14.4. The van der Waals surface area contributed by atoms with Gasteiger partial charge in [0.1, 0.15) is 0 Å². The predicted molar refractivity (Wildman–Crippen MR) is 75.4 cm³/mol. The van der Waals surface area contributed by atoms with Crippen LogP contribution in [0, 0.1) is 12.8 Å². The van der Waals surface area contributed by atoms with Crippen LogP contribution in [0.1, 0.15) is 36.4 Å². The monoisotopic (exact) mass is 276 g/mol. The zero-order valence-corrected chi connectivity index (χ0v) is 11.6. The topological polar surface area (TPSA) is 78.4 Å². The summed E-state index contributed by atoms with van der Waals surface area (Å²) in [5.41, 5.74) is 2.30. The molecule has 0 heterocycles. The highest BCUT2D eigenvalue weighted by molar-refractivity contribution is 5.75. The fourth-order valence-corrected chi connectivity index (χ4v) is 2.29. The third kappa shape index (κ3) is 3.98. The van der Waals surface area contributed by atoms with E-state index in [4.69, 9.17) is 5.11 Å². The highest BCUT2D eigenvalue weighted by Gasteiger charge is 2.34. The van der Waals surface area contributed by atoms with Crippen LogP contribution in [0.15, 0.2) is 24.3 Å². The zero-order chi connectivity index (χ0) is 14.5. The van der Waals surface area contributed by atoms with Gasteiger partial charge >= 0.3 is 12.0 Å². The second-order valence-electron chi connectivity index (χ2n) is 5.22. The lowest BCUT2D eigenvalue weighted by Crippen LogP contribution is -2.39. The van der Waals surface area contributed by atoms with Crippen molar-refractivity contribution in [3.05, 3.63) is 35.4 Å². The maximum absolute atomic E-state index is 11.8. The molecule has 1 unspecified atom stereocenters. The lowest BCUT2D eigenvalue weighted by Gasteiger charge is -2.21. The van der Waals surface area contributed by atoms with Gasteiger partial charge in [0.05, 0.1) is 12.5 Å². The molecule has 0 aliphatic heterocycles. The molecule has 0 bridgehead atoms. The Morgan fingerprint density at radius 2 is 2.05 bits per heavy atom. The maximum atomic E-state index is 11.8. The SMILES string of the molecule is Cc1ccccc1C(NC(=O)NCCC(=O)O)C1CC1. The smallest absolute Gasteiger partial charge is 0.315 e. The first-order valence-corrected chi connectivity index (χ1v) is 6.89. The van der Waals surface area contributed by atoms with Crippen molar-refractivity contribution >= 4 is 12.0 Å². The molecule has 1 saturated carbocycles. The lowest BCUT2D eigenvalue weighted by atomic mass is 9.98. The Balaban J connectivity index is 1.95. The molecular weight excluding hydrogens is 256 g/mol. The molecule has 1 aliphatic carbocycles. The van der Waals surface area contributed by atoms with E-state index in [1.54, 1.807) is 0 Å². The number of aliphatic carboxylic acids is 1. The molecular formula is C15H20N2O3. The van der Waals surface area contributed by atoms with Gasteiger partial charge in [-0.2, -0.15) is 0 Å². The first-order chi connectivity index (χ1) is 9.58. The Hall–Kier alpha value is -2.04. The maximum Gasteiger partial charge on any atom is 0.315 e. The molecule has 0 aromatic heterocycles. The molecule has 108 valence electrons. The second-order valence-corrected chi connectivity index (χ2v) is 5.22. The van der Waals surface area contributed by atoms with E-state index < -0.39 is 5.97 Å². The molecule has 0 radical (unpaired) electrons. The molecule has 1 aromatic rings. The van der Waals surface area contributed by atoms with E-state index in [1.807, 2.05) is 31.2 Å². The number of hydrogen-bond donors (Lipinski definition) is 3. The fourth-order valence-electron chi connectivity index (χ4n) is 2.29. The molecule has 1 fully saturated rings. The number of urea groups is 1. The van der Waals surface area contributed by atoms with E-state index in [2.05, 4.69) is 10.6 Å². The fraction of sp³-hybridized carbons (Fsp3) is 0.467. The molecule has 3 N–H and O–H groups in total. The molecule has 0 spiro atoms. The minimum absolute atomic E-state index is 0.0148. The predicted octanol–water partition coefficient (Wildman–Crippen LogP) is 2.22. The standard InChI is InChI=1S/C15H20N2O3/c1-10-4-2-3-5-12(10)14(11-6-7-11)17-15(20)16-9-8-13(18)19/h2-5,11,14H,6-9H2,1H3,(H,18,19)(H2,16,17,20). The van der Waals surface area contributed by atoms with Crippen molar-refractivity contribution in [3.8, 4) is 0 Å². The summed E-state index contributed by atoms with van der Waals surface area (Å²) in [5.74, 6) is -0.427. The second kappa shape index (κ2) is 6.41. The highest BCUT2D eigenvalue weighted by Crippen LogP contribution is 2.41. The molecule has 5 heteroatoms. The van der Waals surface area contributed by atoms with Gasteiger partial charge in [0.15, 0.2) is 0 Å². The Bertz CT molecular complexity index is 498. The van der Waals surface area contributed by atoms with Crippen molar-refractivity contribution in [3.63, 3.8) is 0 Å². The highest BCUT2D eigenvalue weighted by atomic mass is 16.4. The Labute approximate surface area is 118 Å². The first-order valence-electron chi connectivity index (χ1n) is 6.89. The lowest BCUT2D eigenvalue weighted by molar-refractivity contribution is -0.136. The number of carbonyl (C=O) groups is 2. The summed E-state index contributed by atoms with van der Waals surface area (Å²) in [6.07, 6.45) is 2.18. The Morgan fingerprint density at radius 1 is 1.35 bits per heavy atom. The minimum atomic E-state index is -0.914. The van der Waals surface area contributed by atoms with Crippen LogP contribution in [-0.4, -0.2) is 23.7 Å². The number of aryl methyl sites for hydroxylation is 1. The average molecular weight is 276 g/mol. The van der Waals surface area contributed by atoms with Crippen LogP contribution in [-0.2, 0) is 4.79 Å². The summed E-state index contributed by atoms with van der Waals surface area (Å²) in [6, 6.07) is 7.74. The number of hydrogen-bond acceptors (Lipinski definition) is 2. The van der Waals surface area contributed by atoms with Gasteiger partial charge in [-0.05, 0) is 36.8 Å². The van der Waals surface area contributed by atoms with Crippen molar-refractivity contribution < 1.29 is 14.7 Å². The van der Waals surface area contributed by atoms with Crippen molar-refractivity contribution in [2.24, 2.45) is 5.92 Å². The number of rotatable bonds is 6. The molecule has 20 heavy (non-hydrogen) atoms. The van der Waals surface area contributed by atoms with Gasteiger partial charge in [-0.1, -0.05) is 24.3 Å². The summed E-state index contributed by atoms with van der Waals surface area (Å²) in [7, 11) is 0. The van der Waals surface area contributed by atoms with Gasteiger partial charge in [-0.15, -0.1) is 0 Å². The number of amides is 2. The summed E-state index contributed by atoms with van der Waals surface area (Å²) < 4.78 is 0. The van der Waals surface area contributed by atoms with Gasteiger partial charge in [0.2, 0.25) is 0 Å². The number of carboxylic acid groups (broad SMARTS) is 1. The minimum Gasteiger partial charge on any atom is -0.481 e. The summed E-state index contributed by atoms with van der Waals surface area (Å²) in [5, 5.41) is 14.1. The van der Waals surface area contributed by atoms with Crippen molar-refractivity contribution in [1.29, 1.82) is 0 Å². The molecule has 2 rings (SSSR count). The van der Waals surface area contributed by atoms with Crippen LogP contribution in [0.4, 0.5) is 4.79 Å². The van der Waals surface area contributed by atoms with Crippen molar-refractivity contribution in [1.82, 2.24) is 10.6 Å². The third-order valence-corrected chi connectivity index (χ3v) is 3.53. The van der Waals surface area contributed by atoms with Crippen LogP contribution in [0.25, 0.3) is 0 Å². The van der Waals surface area contributed by atoms with Crippen LogP contribution in [0.5, 0.6) is 0 Å². The summed E-state index contributed by atoms with van der Waals surface area (Å²) in [4.78, 5) is 22.3. The number of carbonyl (C=O) groups excluding carboxylic acids is 1. The van der Waals surface area contributed by atoms with E-state index in [0.717, 1.165) is 24.0 Å². The Morgan fingerprint density at radius 3 is 2.65 bits per heavy atom. The molecule has 2 amide bonds. The van der Waals surface area contributed by atoms with Gasteiger partial charge < -0.3 is 15.7 Å². The normalized spacial score (nSPS) is 15.4. The van der Waals surface area contributed by atoms with E-state index in [-0.39, 0.29) is 25.0 Å². The molecule has 1 aromatic carbocycles. The number of carboxylic acids is 1. The van der Waals surface area contributed by atoms with Crippen molar-refractivity contribution in [2.45, 2.75) is 32.2 Å². The molecule has 1 aliphatic rings. The number of benzene rings is 1. The van der Waals surface area contributed by atoms with Crippen LogP contribution in [0.2, 0.25) is 0 Å². The van der Waals surface area contributed by atoms with Crippen LogP contribution >= 0.6 is 0 Å². The van der Waals surface area contributed by atoms with E-state index >= 15 is 0 Å². The third-order valence-electron chi connectivity index (χ3n) is 3.53. The molecule has 0 saturated heterocycles. The van der Waals surface area contributed by atoms with Gasteiger partial charge in [0, 0.05) is 6.54 Å². The van der Waals surface area contributed by atoms with E-state index in [1.165, 1.54) is 0 Å². The zero-order valence-electron chi connectivity index (χ0n) is 11.6. The quantitative estimate of drug-likeness (QED) is 0.745. The van der Waals surface area contributed by atoms with Crippen LogP contribution < -0.4 is 10.6 Å². The Kier molecular flexibility index (Phi) is 4.61. The van der Waals surface area contributed by atoms with Crippen LogP contribution in [0.3, 0.4) is 0 Å². The van der Waals surface area contributed by atoms with E-state index in [0.29, 0.717) is 5.92 Å². The van der Waals surface area contributed by atoms with Gasteiger partial charge in [-0.25, -0.2) is 4.79 Å². The molecule has 5 nitrogen and oxygen atoms in total. The van der Waals surface area contributed by atoms with Gasteiger partial charge in [0.25, 0.3) is 0 Å². The van der Waals surface area contributed by atoms with Gasteiger partial charge in [-0.3, -0.25) is 4.79 Å². The molecule has 1 atom stereocenters. The van der Waals surface area contributed by atoms with Crippen molar-refractivity contribution in [2.75, 3.05) is 6.54 Å². The number of nitrogens with one attached hydrogen (secondary N) is 2. The largest absolute Gasteiger partial charge is 0.481 e. The summed E-state index contributed by atoms with van der Waals surface area (Å²) >= 11 is 0. The summed E-state index contributed by atoms with van der Waals surface area (Å²) in [6.45, 7) is 2.18.